The third-order valence-electron chi connectivity index (χ3n) is 4.32. The molecule has 0 spiro atoms. The zero-order valence-corrected chi connectivity index (χ0v) is 16.0. The first-order chi connectivity index (χ1) is 12.2. The van der Waals surface area contributed by atoms with Gasteiger partial charge in [-0.1, -0.05) is 30.7 Å². The normalized spacial score (nSPS) is 15.3. The Hall–Kier alpha value is -1.66. The lowest BCUT2D eigenvalue weighted by Gasteiger charge is -2.21. The van der Waals surface area contributed by atoms with E-state index >= 15 is 0 Å². The quantitative estimate of drug-likeness (QED) is 0.797. The molecule has 0 saturated carbocycles. The van der Waals surface area contributed by atoms with E-state index in [4.69, 9.17) is 16.6 Å². The Bertz CT molecular complexity index is 703. The van der Waals surface area contributed by atoms with E-state index in [-0.39, 0.29) is 5.91 Å². The van der Waals surface area contributed by atoms with Gasteiger partial charge in [-0.25, -0.2) is 4.98 Å². The Morgan fingerprint density at radius 3 is 2.76 bits per heavy atom. The zero-order chi connectivity index (χ0) is 17.6. The van der Waals surface area contributed by atoms with Crippen molar-refractivity contribution in [2.45, 2.75) is 32.6 Å². The standard InChI is InChI=1S/C18H23ClN4OS/c1-2-4-17(24)22-9-3-10-23(12-11-22)18-20-16(21-25-18)13-14-5-7-15(19)8-6-14/h5-8H,2-4,9-13H2,1H3. The Labute approximate surface area is 157 Å². The second kappa shape index (κ2) is 8.63. The van der Waals surface area contributed by atoms with Crippen molar-refractivity contribution < 1.29 is 4.79 Å². The summed E-state index contributed by atoms with van der Waals surface area (Å²) >= 11 is 7.37. The van der Waals surface area contributed by atoms with Gasteiger partial charge in [-0.2, -0.15) is 4.37 Å². The number of hydrogen-bond acceptors (Lipinski definition) is 5. The molecule has 0 N–H and O–H groups in total. The molecule has 1 aliphatic heterocycles. The van der Waals surface area contributed by atoms with Crippen LogP contribution in [0.25, 0.3) is 0 Å². The maximum absolute atomic E-state index is 12.1. The van der Waals surface area contributed by atoms with E-state index in [1.54, 1.807) is 0 Å². The highest BCUT2D eigenvalue weighted by molar-refractivity contribution is 7.09. The van der Waals surface area contributed by atoms with E-state index < -0.39 is 0 Å². The van der Waals surface area contributed by atoms with Gasteiger partial charge in [-0.05, 0) is 30.5 Å². The molecule has 0 atom stereocenters. The van der Waals surface area contributed by atoms with Gasteiger partial charge in [-0.3, -0.25) is 4.79 Å². The number of anilines is 1. The number of carbonyl (C=O) groups excluding carboxylic acids is 1. The Morgan fingerprint density at radius 2 is 2.00 bits per heavy atom. The summed E-state index contributed by atoms with van der Waals surface area (Å²) in [7, 11) is 0. The number of nitrogens with zero attached hydrogens (tertiary/aromatic N) is 4. The molecule has 5 nitrogen and oxygen atoms in total. The average molecular weight is 379 g/mol. The van der Waals surface area contributed by atoms with Crippen molar-refractivity contribution in [1.82, 2.24) is 14.3 Å². The van der Waals surface area contributed by atoms with Gasteiger partial charge in [0.1, 0.15) is 5.82 Å². The zero-order valence-electron chi connectivity index (χ0n) is 14.4. The molecule has 1 saturated heterocycles. The van der Waals surface area contributed by atoms with Crippen LogP contribution in [0.3, 0.4) is 0 Å². The van der Waals surface area contributed by atoms with Crippen LogP contribution in [0.1, 0.15) is 37.6 Å². The van der Waals surface area contributed by atoms with Gasteiger partial charge in [0, 0.05) is 55.6 Å². The van der Waals surface area contributed by atoms with E-state index in [2.05, 4.69) is 9.27 Å². The summed E-state index contributed by atoms with van der Waals surface area (Å²) in [4.78, 5) is 21.0. The number of aromatic nitrogens is 2. The van der Waals surface area contributed by atoms with Crippen LogP contribution < -0.4 is 4.90 Å². The highest BCUT2D eigenvalue weighted by Gasteiger charge is 2.20. The molecule has 25 heavy (non-hydrogen) atoms. The van der Waals surface area contributed by atoms with Crippen LogP contribution >= 0.6 is 23.1 Å². The van der Waals surface area contributed by atoms with Crippen LogP contribution in [-0.4, -0.2) is 46.3 Å². The van der Waals surface area contributed by atoms with Crippen LogP contribution in [-0.2, 0) is 11.2 Å². The van der Waals surface area contributed by atoms with Gasteiger partial charge in [0.25, 0.3) is 0 Å². The maximum atomic E-state index is 12.1. The van der Waals surface area contributed by atoms with E-state index in [1.807, 2.05) is 36.1 Å². The van der Waals surface area contributed by atoms with E-state index in [1.165, 1.54) is 11.5 Å². The van der Waals surface area contributed by atoms with E-state index in [0.29, 0.717) is 12.8 Å². The molecule has 2 aromatic rings. The van der Waals surface area contributed by atoms with Crippen molar-refractivity contribution >= 4 is 34.2 Å². The van der Waals surface area contributed by atoms with Crippen LogP contribution in [0, 0.1) is 0 Å². The smallest absolute Gasteiger partial charge is 0.222 e. The van der Waals surface area contributed by atoms with E-state index in [0.717, 1.165) is 60.6 Å². The first-order valence-electron chi connectivity index (χ1n) is 8.75. The number of hydrogen-bond donors (Lipinski definition) is 0. The van der Waals surface area contributed by atoms with Crippen molar-refractivity contribution in [3.8, 4) is 0 Å². The fourth-order valence-corrected chi connectivity index (χ4v) is 3.82. The van der Waals surface area contributed by atoms with Crippen molar-refractivity contribution in [3.63, 3.8) is 0 Å². The lowest BCUT2D eigenvalue weighted by atomic mass is 10.1. The molecule has 0 radical (unpaired) electrons. The van der Waals surface area contributed by atoms with Crippen molar-refractivity contribution in [2.75, 3.05) is 31.1 Å². The van der Waals surface area contributed by atoms with E-state index in [9.17, 15) is 4.79 Å². The summed E-state index contributed by atoms with van der Waals surface area (Å²) in [5.41, 5.74) is 1.15. The SMILES string of the molecule is CCCC(=O)N1CCCN(c2nc(Cc3ccc(Cl)cc3)ns2)CC1. The first-order valence-corrected chi connectivity index (χ1v) is 9.90. The second-order valence-corrected chi connectivity index (χ2v) is 7.43. The molecule has 1 aliphatic rings. The number of benzene rings is 1. The predicted octanol–water partition coefficient (Wildman–Crippen LogP) is 3.62. The van der Waals surface area contributed by atoms with Crippen LogP contribution in [0.4, 0.5) is 5.13 Å². The fourth-order valence-electron chi connectivity index (χ4n) is 2.96. The summed E-state index contributed by atoms with van der Waals surface area (Å²) in [6.45, 7) is 5.40. The van der Waals surface area contributed by atoms with Gasteiger partial charge in [0.2, 0.25) is 11.0 Å². The topological polar surface area (TPSA) is 49.3 Å². The highest BCUT2D eigenvalue weighted by Crippen LogP contribution is 2.21. The van der Waals surface area contributed by atoms with Crippen molar-refractivity contribution in [2.24, 2.45) is 0 Å². The lowest BCUT2D eigenvalue weighted by Crippen LogP contribution is -2.35. The van der Waals surface area contributed by atoms with Gasteiger partial charge in [-0.15, -0.1) is 0 Å². The van der Waals surface area contributed by atoms with Crippen molar-refractivity contribution in [3.05, 3.63) is 40.7 Å². The van der Waals surface area contributed by atoms with Gasteiger partial charge >= 0.3 is 0 Å². The number of amides is 1. The first kappa shape index (κ1) is 18.1. The molecule has 134 valence electrons. The summed E-state index contributed by atoms with van der Waals surface area (Å²) in [6.07, 6.45) is 3.23. The highest BCUT2D eigenvalue weighted by atomic mass is 35.5. The summed E-state index contributed by atoms with van der Waals surface area (Å²) in [5, 5.41) is 1.69. The molecule has 0 bridgehead atoms. The Morgan fingerprint density at radius 1 is 1.20 bits per heavy atom. The maximum Gasteiger partial charge on any atom is 0.222 e. The average Bonchev–Trinajstić information content (AvgIpc) is 2.92. The molecule has 3 rings (SSSR count). The Kier molecular flexibility index (Phi) is 6.26. The molecule has 1 fully saturated rings. The molecule has 7 heteroatoms. The minimum absolute atomic E-state index is 0.269. The third-order valence-corrected chi connectivity index (χ3v) is 5.38. The molecule has 1 amide bonds. The minimum atomic E-state index is 0.269. The van der Waals surface area contributed by atoms with Crippen LogP contribution in [0.15, 0.2) is 24.3 Å². The minimum Gasteiger partial charge on any atom is -0.345 e. The van der Waals surface area contributed by atoms with Gasteiger partial charge in [0.05, 0.1) is 0 Å². The molecule has 1 aromatic carbocycles. The van der Waals surface area contributed by atoms with Crippen LogP contribution in [0.5, 0.6) is 0 Å². The number of carbonyl (C=O) groups is 1. The largest absolute Gasteiger partial charge is 0.345 e. The van der Waals surface area contributed by atoms with Crippen molar-refractivity contribution in [1.29, 1.82) is 0 Å². The monoisotopic (exact) mass is 378 g/mol. The van der Waals surface area contributed by atoms with Gasteiger partial charge in [0.15, 0.2) is 0 Å². The molecule has 2 heterocycles. The van der Waals surface area contributed by atoms with Crippen LogP contribution in [0.2, 0.25) is 5.02 Å². The number of rotatable bonds is 5. The van der Waals surface area contributed by atoms with Gasteiger partial charge < -0.3 is 9.80 Å². The fraction of sp³-hybridized carbons (Fsp3) is 0.500. The third kappa shape index (κ3) is 4.92. The molecule has 0 unspecified atom stereocenters. The predicted molar refractivity (Wildman–Crippen MR) is 102 cm³/mol. The summed E-state index contributed by atoms with van der Waals surface area (Å²) < 4.78 is 4.50. The molecule has 0 aliphatic carbocycles. The summed E-state index contributed by atoms with van der Waals surface area (Å²) in [5.74, 6) is 1.11. The molecular formula is C18H23ClN4OS. The second-order valence-electron chi connectivity index (χ2n) is 6.27. The summed E-state index contributed by atoms with van der Waals surface area (Å²) in [6, 6.07) is 7.79. The number of halogens is 1. The molecule has 1 aromatic heterocycles. The Balaban J connectivity index is 1.60. The lowest BCUT2D eigenvalue weighted by molar-refractivity contribution is -0.131. The molecular weight excluding hydrogens is 356 g/mol.